The Kier molecular flexibility index (Phi) is 4.51. The Morgan fingerprint density at radius 2 is 1.87 bits per heavy atom. The minimum absolute atomic E-state index is 0.0270. The number of para-hydroxylation sites is 1. The van der Waals surface area contributed by atoms with Gasteiger partial charge in [-0.3, -0.25) is 9.59 Å². The smallest absolute Gasteiger partial charge is 0.255 e. The molecule has 0 bridgehead atoms. The first kappa shape index (κ1) is 18.4. The van der Waals surface area contributed by atoms with Crippen molar-refractivity contribution in [2.75, 3.05) is 24.5 Å². The van der Waals surface area contributed by atoms with Crippen LogP contribution in [0.4, 0.5) is 5.69 Å². The lowest BCUT2D eigenvalue weighted by Gasteiger charge is -2.24. The molecule has 3 heterocycles. The number of hydrogen-bond acceptors (Lipinski definition) is 2. The summed E-state index contributed by atoms with van der Waals surface area (Å²) in [5.74, 6) is 0.0617. The van der Waals surface area contributed by atoms with Crippen LogP contribution in [0.15, 0.2) is 79.1 Å². The minimum atomic E-state index is -0.650. The average Bonchev–Trinajstić information content (AvgIpc) is 3.52. The number of likely N-dealkylation sites (tertiary alicyclic amines) is 1. The first-order valence-corrected chi connectivity index (χ1v) is 10.2. The number of hydrogen-bond donors (Lipinski definition) is 1. The number of H-pyrrole nitrogens is 1. The zero-order valence-corrected chi connectivity index (χ0v) is 16.6. The molecule has 2 aliphatic heterocycles. The molecule has 0 saturated carbocycles. The third-order valence-electron chi connectivity index (χ3n) is 6.16. The largest absolute Gasteiger partial charge is 0.367 e. The Labute approximate surface area is 175 Å². The lowest BCUT2D eigenvalue weighted by atomic mass is 9.81. The van der Waals surface area contributed by atoms with Crippen molar-refractivity contribution in [1.29, 1.82) is 0 Å². The quantitative estimate of drug-likeness (QED) is 0.727. The molecule has 1 aromatic heterocycles. The van der Waals surface area contributed by atoms with Crippen LogP contribution in [0.3, 0.4) is 0 Å². The normalized spacial score (nSPS) is 20.5. The summed E-state index contributed by atoms with van der Waals surface area (Å²) in [4.78, 5) is 33.1. The molecule has 2 aromatic carbocycles. The van der Waals surface area contributed by atoms with E-state index in [4.69, 9.17) is 0 Å². The molecule has 5 heteroatoms. The molecule has 0 aliphatic carbocycles. The molecule has 3 aromatic rings. The predicted octanol–water partition coefficient (Wildman–Crippen LogP) is 3.86. The second-order valence-electron chi connectivity index (χ2n) is 7.90. The Morgan fingerprint density at radius 3 is 2.67 bits per heavy atom. The van der Waals surface area contributed by atoms with Crippen LogP contribution in [-0.4, -0.2) is 41.3 Å². The van der Waals surface area contributed by atoms with Gasteiger partial charge in [0.1, 0.15) is 0 Å². The first-order valence-electron chi connectivity index (χ1n) is 10.2. The Morgan fingerprint density at radius 1 is 1.07 bits per heavy atom. The van der Waals surface area contributed by atoms with Crippen LogP contribution in [0.5, 0.6) is 0 Å². The van der Waals surface area contributed by atoms with Gasteiger partial charge in [-0.15, -0.1) is 0 Å². The zero-order valence-electron chi connectivity index (χ0n) is 16.6. The average molecular weight is 397 g/mol. The maximum atomic E-state index is 13.6. The van der Waals surface area contributed by atoms with Crippen molar-refractivity contribution < 1.29 is 9.59 Å². The lowest BCUT2D eigenvalue weighted by molar-refractivity contribution is -0.122. The summed E-state index contributed by atoms with van der Waals surface area (Å²) < 4.78 is 0. The molecular formula is C25H23N3O2. The number of aromatic nitrogens is 1. The van der Waals surface area contributed by atoms with Crippen LogP contribution in [0.25, 0.3) is 6.08 Å². The molecule has 150 valence electrons. The second kappa shape index (κ2) is 7.34. The van der Waals surface area contributed by atoms with Gasteiger partial charge in [0.15, 0.2) is 0 Å². The highest BCUT2D eigenvalue weighted by molar-refractivity contribution is 6.09. The van der Waals surface area contributed by atoms with Gasteiger partial charge in [0.2, 0.25) is 5.91 Å². The van der Waals surface area contributed by atoms with Gasteiger partial charge in [0.05, 0.1) is 11.0 Å². The molecular weight excluding hydrogens is 374 g/mol. The van der Waals surface area contributed by atoms with Crippen molar-refractivity contribution in [2.45, 2.75) is 11.8 Å². The van der Waals surface area contributed by atoms with Crippen molar-refractivity contribution in [2.24, 2.45) is 0 Å². The van der Waals surface area contributed by atoms with E-state index in [1.807, 2.05) is 71.6 Å². The van der Waals surface area contributed by atoms with Gasteiger partial charge in [0, 0.05) is 37.7 Å². The number of anilines is 1. The van der Waals surface area contributed by atoms with Gasteiger partial charge in [-0.05, 0) is 29.7 Å². The van der Waals surface area contributed by atoms with E-state index in [1.165, 1.54) is 0 Å². The number of amides is 2. The summed E-state index contributed by atoms with van der Waals surface area (Å²) in [6.45, 7) is 1.52. The molecule has 0 radical (unpaired) electrons. The molecule has 5 nitrogen and oxygen atoms in total. The summed E-state index contributed by atoms with van der Waals surface area (Å²) in [5.41, 5.74) is 3.08. The van der Waals surface area contributed by atoms with Crippen molar-refractivity contribution in [3.63, 3.8) is 0 Å². The molecule has 5 rings (SSSR count). The minimum Gasteiger partial charge on any atom is -0.367 e. The molecule has 1 N–H and O–H groups in total. The Bertz CT molecular complexity index is 1100. The zero-order chi connectivity index (χ0) is 20.6. The highest BCUT2D eigenvalue weighted by Crippen LogP contribution is 2.47. The van der Waals surface area contributed by atoms with E-state index in [0.29, 0.717) is 31.6 Å². The van der Waals surface area contributed by atoms with Crippen LogP contribution in [0.1, 0.15) is 27.9 Å². The van der Waals surface area contributed by atoms with Crippen LogP contribution < -0.4 is 4.90 Å². The Balaban J connectivity index is 1.41. The number of nitrogens with zero attached hydrogens (tertiary/aromatic N) is 2. The van der Waals surface area contributed by atoms with Crippen LogP contribution >= 0.6 is 0 Å². The Hall–Kier alpha value is -3.60. The molecule has 2 amide bonds. The summed E-state index contributed by atoms with van der Waals surface area (Å²) in [6, 6.07) is 19.8. The fourth-order valence-corrected chi connectivity index (χ4v) is 4.65. The fraction of sp³-hybridized carbons (Fsp3) is 0.200. The van der Waals surface area contributed by atoms with E-state index < -0.39 is 5.41 Å². The monoisotopic (exact) mass is 397 g/mol. The number of benzene rings is 2. The van der Waals surface area contributed by atoms with Crippen LogP contribution in [0, 0.1) is 0 Å². The summed E-state index contributed by atoms with van der Waals surface area (Å²) in [7, 11) is 0. The topological polar surface area (TPSA) is 56.4 Å². The van der Waals surface area contributed by atoms with Crippen LogP contribution in [-0.2, 0) is 10.2 Å². The molecule has 1 saturated heterocycles. The number of rotatable bonds is 4. The SMILES string of the molecule is O=C(c1cc[nH]c1)N1CCC2(C1)C(=O)N(CC=Cc1ccccc1)c1ccccc12. The van der Waals surface area contributed by atoms with E-state index in [-0.39, 0.29) is 11.8 Å². The van der Waals surface area contributed by atoms with Crippen molar-refractivity contribution in [3.05, 3.63) is 95.8 Å². The van der Waals surface area contributed by atoms with Crippen molar-refractivity contribution >= 4 is 23.6 Å². The van der Waals surface area contributed by atoms with Gasteiger partial charge in [-0.2, -0.15) is 0 Å². The third-order valence-corrected chi connectivity index (χ3v) is 6.16. The summed E-state index contributed by atoms with van der Waals surface area (Å²) >= 11 is 0. The maximum Gasteiger partial charge on any atom is 0.255 e. The van der Waals surface area contributed by atoms with Crippen molar-refractivity contribution in [3.8, 4) is 0 Å². The summed E-state index contributed by atoms with van der Waals surface area (Å²) in [5, 5.41) is 0. The van der Waals surface area contributed by atoms with Gasteiger partial charge in [-0.25, -0.2) is 0 Å². The molecule has 1 unspecified atom stereocenters. The van der Waals surface area contributed by atoms with Gasteiger partial charge < -0.3 is 14.8 Å². The van der Waals surface area contributed by atoms with E-state index in [9.17, 15) is 9.59 Å². The number of fused-ring (bicyclic) bond motifs is 2. The van der Waals surface area contributed by atoms with E-state index >= 15 is 0 Å². The predicted molar refractivity (Wildman–Crippen MR) is 117 cm³/mol. The maximum absolute atomic E-state index is 13.6. The standard InChI is InChI=1S/C25H23N3O2/c29-23(20-12-14-26-17-20)27-16-13-25(18-27)21-10-4-5-11-22(21)28(24(25)30)15-6-9-19-7-2-1-3-8-19/h1-12,14,17,26H,13,15-16,18H2. The molecule has 30 heavy (non-hydrogen) atoms. The van der Waals surface area contributed by atoms with Crippen molar-refractivity contribution in [1.82, 2.24) is 9.88 Å². The van der Waals surface area contributed by atoms with E-state index in [1.54, 1.807) is 23.4 Å². The molecule has 2 aliphatic rings. The number of carbonyl (C=O) groups is 2. The first-order chi connectivity index (χ1) is 14.7. The molecule has 1 spiro atoms. The fourth-order valence-electron chi connectivity index (χ4n) is 4.65. The van der Waals surface area contributed by atoms with E-state index in [2.05, 4.69) is 4.98 Å². The molecule has 1 fully saturated rings. The lowest BCUT2D eigenvalue weighted by Crippen LogP contribution is -2.43. The van der Waals surface area contributed by atoms with Gasteiger partial charge >= 0.3 is 0 Å². The van der Waals surface area contributed by atoms with Crippen LogP contribution in [0.2, 0.25) is 0 Å². The summed E-state index contributed by atoms with van der Waals surface area (Å²) in [6.07, 6.45) is 8.17. The number of nitrogens with one attached hydrogen (secondary N) is 1. The van der Waals surface area contributed by atoms with Gasteiger partial charge in [0.25, 0.3) is 5.91 Å². The van der Waals surface area contributed by atoms with Gasteiger partial charge in [-0.1, -0.05) is 60.7 Å². The number of aromatic amines is 1. The number of carbonyl (C=O) groups excluding carboxylic acids is 2. The third kappa shape index (κ3) is 2.94. The highest BCUT2D eigenvalue weighted by atomic mass is 16.2. The second-order valence-corrected chi connectivity index (χ2v) is 7.90. The molecule has 1 atom stereocenters. The van der Waals surface area contributed by atoms with E-state index in [0.717, 1.165) is 16.8 Å². The highest BCUT2D eigenvalue weighted by Gasteiger charge is 2.54.